The second-order valence-corrected chi connectivity index (χ2v) is 15.9. The third kappa shape index (κ3) is 5.82. The predicted molar refractivity (Wildman–Crippen MR) is 134 cm³/mol. The molecule has 174 valence electrons. The van der Waals surface area contributed by atoms with E-state index in [9.17, 15) is 4.79 Å². The second-order valence-electron chi connectivity index (χ2n) is 11.2. The largest absolute Gasteiger partial charge is 0.543 e. The third-order valence-corrected chi connectivity index (χ3v) is 11.9. The lowest BCUT2D eigenvalue weighted by Gasteiger charge is -2.41. The van der Waals surface area contributed by atoms with Gasteiger partial charge in [-0.1, -0.05) is 32.4 Å². The average Bonchev–Trinajstić information content (AvgIpc) is 2.67. The molecule has 0 fully saturated rings. The highest BCUT2D eigenvalue weighted by molar-refractivity contribution is 6.74. The highest BCUT2D eigenvalue weighted by atomic mass is 28.4. The summed E-state index contributed by atoms with van der Waals surface area (Å²) in [6.45, 7) is 22.4. The highest BCUT2D eigenvalue weighted by Crippen LogP contribution is 2.47. The van der Waals surface area contributed by atoms with Crippen molar-refractivity contribution in [3.05, 3.63) is 33.9 Å². The van der Waals surface area contributed by atoms with Gasteiger partial charge in [0.25, 0.3) is 8.32 Å². The Bertz CT molecular complexity index is 845. The summed E-state index contributed by atoms with van der Waals surface area (Å²) in [5, 5.41) is 0.169. The van der Waals surface area contributed by atoms with Gasteiger partial charge in [-0.05, 0) is 102 Å². The molecular formula is C27H44O3Si. The third-order valence-electron chi connectivity index (χ3n) is 7.55. The molecule has 0 aromatic heterocycles. The topological polar surface area (TPSA) is 35.5 Å². The summed E-state index contributed by atoms with van der Waals surface area (Å²) in [6.07, 6.45) is 8.76. The first-order valence-corrected chi connectivity index (χ1v) is 14.7. The molecule has 31 heavy (non-hydrogen) atoms. The number of carbonyl (C=O) groups excluding carboxylic acids is 1. The standard InChI is InChI=1S/C27H44O3Si/c1-19(14-12-18-28)13-11-16-27(8)17-15-23-22(4)24(20(2)21(3)25(23)29-27)30-31(9,10)26(5,6)7/h13,18H,11-12,14-17H2,1-10H3. The zero-order valence-corrected chi connectivity index (χ0v) is 22.6. The first-order chi connectivity index (χ1) is 14.2. The van der Waals surface area contributed by atoms with E-state index in [0.29, 0.717) is 6.42 Å². The van der Waals surface area contributed by atoms with Gasteiger partial charge in [0.1, 0.15) is 23.4 Å². The van der Waals surface area contributed by atoms with E-state index >= 15 is 0 Å². The number of carbonyl (C=O) groups is 1. The number of hydrogen-bond donors (Lipinski definition) is 0. The Morgan fingerprint density at radius 1 is 1.13 bits per heavy atom. The molecule has 1 aromatic carbocycles. The Hall–Kier alpha value is -1.55. The average molecular weight is 445 g/mol. The molecule has 0 radical (unpaired) electrons. The Morgan fingerprint density at radius 3 is 2.35 bits per heavy atom. The maximum Gasteiger partial charge on any atom is 0.250 e. The van der Waals surface area contributed by atoms with E-state index in [1.807, 2.05) is 0 Å². The highest BCUT2D eigenvalue weighted by Gasteiger charge is 2.41. The Balaban J connectivity index is 2.27. The van der Waals surface area contributed by atoms with Crippen LogP contribution in [0.4, 0.5) is 0 Å². The van der Waals surface area contributed by atoms with Gasteiger partial charge in [0.2, 0.25) is 0 Å². The second kappa shape index (κ2) is 9.52. The fourth-order valence-electron chi connectivity index (χ4n) is 4.03. The van der Waals surface area contributed by atoms with E-state index in [0.717, 1.165) is 49.9 Å². The summed E-state index contributed by atoms with van der Waals surface area (Å²) in [5.74, 6) is 2.16. The molecule has 0 bridgehead atoms. The number of rotatable bonds is 8. The van der Waals surface area contributed by atoms with Gasteiger partial charge in [0.15, 0.2) is 0 Å². The van der Waals surface area contributed by atoms with Crippen molar-refractivity contribution in [3.63, 3.8) is 0 Å². The molecule has 1 unspecified atom stereocenters. The van der Waals surface area contributed by atoms with Crippen LogP contribution < -0.4 is 9.16 Å². The van der Waals surface area contributed by atoms with Gasteiger partial charge >= 0.3 is 0 Å². The summed E-state index contributed by atoms with van der Waals surface area (Å²) in [5.41, 5.74) is 6.16. The van der Waals surface area contributed by atoms with Gasteiger partial charge in [-0.25, -0.2) is 0 Å². The summed E-state index contributed by atoms with van der Waals surface area (Å²) in [6, 6.07) is 0. The predicted octanol–water partition coefficient (Wildman–Crippen LogP) is 7.79. The Labute approximate surface area is 191 Å². The number of aldehydes is 1. The van der Waals surface area contributed by atoms with Crippen LogP contribution in [0.3, 0.4) is 0 Å². The lowest BCUT2D eigenvalue weighted by Crippen LogP contribution is -2.44. The van der Waals surface area contributed by atoms with Crippen LogP contribution in [0.15, 0.2) is 11.6 Å². The number of ether oxygens (including phenoxy) is 1. The van der Waals surface area contributed by atoms with E-state index in [1.54, 1.807) is 0 Å². The van der Waals surface area contributed by atoms with Gasteiger partial charge in [0, 0.05) is 12.0 Å². The lowest BCUT2D eigenvalue weighted by atomic mass is 9.85. The van der Waals surface area contributed by atoms with Crippen LogP contribution in [0.1, 0.15) is 89.0 Å². The fraction of sp³-hybridized carbons (Fsp3) is 0.667. The van der Waals surface area contributed by atoms with Crippen LogP contribution >= 0.6 is 0 Å². The molecule has 0 N–H and O–H groups in total. The van der Waals surface area contributed by atoms with Crippen LogP contribution in [-0.4, -0.2) is 20.2 Å². The molecule has 0 saturated heterocycles. The van der Waals surface area contributed by atoms with Crippen molar-refractivity contribution < 1.29 is 14.0 Å². The molecule has 4 heteroatoms. The van der Waals surface area contributed by atoms with Crippen molar-refractivity contribution in [1.82, 2.24) is 0 Å². The van der Waals surface area contributed by atoms with Gasteiger partial charge < -0.3 is 14.0 Å². The molecule has 2 rings (SSSR count). The molecule has 1 aliphatic rings. The SMILES string of the molecule is CC(=CCCC1(C)CCc2c(C)c(O[Si](C)(C)C(C)(C)C)c(C)c(C)c2O1)CCC=O. The number of fused-ring (bicyclic) bond motifs is 1. The van der Waals surface area contributed by atoms with Gasteiger partial charge in [-0.3, -0.25) is 0 Å². The Morgan fingerprint density at radius 2 is 1.77 bits per heavy atom. The fourth-order valence-corrected chi connectivity index (χ4v) is 5.15. The molecule has 1 aromatic rings. The minimum atomic E-state index is -1.91. The minimum Gasteiger partial charge on any atom is -0.543 e. The van der Waals surface area contributed by atoms with Gasteiger partial charge in [-0.15, -0.1) is 0 Å². The maximum absolute atomic E-state index is 10.6. The number of hydrogen-bond acceptors (Lipinski definition) is 3. The van der Waals surface area contributed by atoms with Crippen molar-refractivity contribution in [1.29, 1.82) is 0 Å². The van der Waals surface area contributed by atoms with Crippen LogP contribution in [-0.2, 0) is 11.2 Å². The molecule has 0 spiro atoms. The van der Waals surface area contributed by atoms with E-state index in [1.165, 1.54) is 27.8 Å². The molecule has 1 heterocycles. The van der Waals surface area contributed by atoms with E-state index in [4.69, 9.17) is 9.16 Å². The number of benzene rings is 1. The zero-order valence-electron chi connectivity index (χ0n) is 21.6. The van der Waals surface area contributed by atoms with Crippen LogP contribution in [0.25, 0.3) is 0 Å². The monoisotopic (exact) mass is 444 g/mol. The van der Waals surface area contributed by atoms with Crippen molar-refractivity contribution in [3.8, 4) is 11.5 Å². The number of allylic oxidation sites excluding steroid dienone is 2. The summed E-state index contributed by atoms with van der Waals surface area (Å²) >= 11 is 0. The van der Waals surface area contributed by atoms with Crippen molar-refractivity contribution in [2.75, 3.05) is 0 Å². The molecule has 0 amide bonds. The summed E-state index contributed by atoms with van der Waals surface area (Å²) < 4.78 is 13.5. The molecule has 3 nitrogen and oxygen atoms in total. The van der Waals surface area contributed by atoms with Crippen LogP contribution in [0.5, 0.6) is 11.5 Å². The summed E-state index contributed by atoms with van der Waals surface area (Å²) in [4.78, 5) is 10.6. The Kier molecular flexibility index (Phi) is 7.89. The van der Waals surface area contributed by atoms with E-state index in [2.05, 4.69) is 74.6 Å². The van der Waals surface area contributed by atoms with Crippen LogP contribution in [0, 0.1) is 20.8 Å². The first-order valence-electron chi connectivity index (χ1n) is 11.8. The maximum atomic E-state index is 10.6. The normalized spacial score (nSPS) is 19.6. The van der Waals surface area contributed by atoms with Crippen molar-refractivity contribution in [2.45, 2.75) is 118 Å². The van der Waals surface area contributed by atoms with Crippen molar-refractivity contribution in [2.24, 2.45) is 0 Å². The van der Waals surface area contributed by atoms with Crippen molar-refractivity contribution >= 4 is 14.6 Å². The van der Waals surface area contributed by atoms with Gasteiger partial charge in [-0.2, -0.15) is 0 Å². The molecule has 0 aliphatic carbocycles. The smallest absolute Gasteiger partial charge is 0.250 e. The molecular weight excluding hydrogens is 400 g/mol. The van der Waals surface area contributed by atoms with E-state index in [-0.39, 0.29) is 10.6 Å². The molecule has 0 saturated carbocycles. The van der Waals surface area contributed by atoms with Gasteiger partial charge in [0.05, 0.1) is 0 Å². The van der Waals surface area contributed by atoms with E-state index < -0.39 is 8.32 Å². The molecule has 1 aliphatic heterocycles. The molecule has 1 atom stereocenters. The van der Waals surface area contributed by atoms with Crippen LogP contribution in [0.2, 0.25) is 18.1 Å². The quantitative estimate of drug-likeness (QED) is 0.233. The first kappa shape index (κ1) is 25.7. The summed E-state index contributed by atoms with van der Waals surface area (Å²) in [7, 11) is -1.91. The lowest BCUT2D eigenvalue weighted by molar-refractivity contribution is -0.107. The minimum absolute atomic E-state index is 0.153. The zero-order chi connectivity index (χ0) is 23.6.